The van der Waals surface area contributed by atoms with Gasteiger partial charge in [-0.15, -0.1) is 0 Å². The highest BCUT2D eigenvalue weighted by molar-refractivity contribution is 7.07. The Labute approximate surface area is 228 Å². The third kappa shape index (κ3) is 3.97. The van der Waals surface area contributed by atoms with Crippen molar-refractivity contribution >= 4 is 46.1 Å². The van der Waals surface area contributed by atoms with Gasteiger partial charge in [-0.1, -0.05) is 41.1 Å². The zero-order valence-electron chi connectivity index (χ0n) is 21.6. The van der Waals surface area contributed by atoms with Crippen molar-refractivity contribution in [3.63, 3.8) is 0 Å². The van der Waals surface area contributed by atoms with Gasteiger partial charge in [0.15, 0.2) is 4.80 Å². The Morgan fingerprint density at radius 1 is 1.18 bits per heavy atom. The largest absolute Gasteiger partial charge is 0.496 e. The second-order valence-corrected chi connectivity index (χ2v) is 10.6. The lowest BCUT2D eigenvalue weighted by Crippen LogP contribution is -2.41. The third-order valence-electron chi connectivity index (χ3n) is 6.59. The average molecular weight is 552 g/mol. The lowest BCUT2D eigenvalue weighted by molar-refractivity contribution is -0.139. The molecule has 0 fully saturated rings. The Bertz CT molecular complexity index is 1700. The molecule has 38 heavy (non-hydrogen) atoms. The summed E-state index contributed by atoms with van der Waals surface area (Å²) in [6, 6.07) is 11.4. The van der Waals surface area contributed by atoms with E-state index >= 15 is 0 Å². The van der Waals surface area contributed by atoms with Gasteiger partial charge in [0.25, 0.3) is 11.5 Å². The first-order valence-electron chi connectivity index (χ1n) is 12.2. The van der Waals surface area contributed by atoms with Gasteiger partial charge in [0.2, 0.25) is 0 Å². The highest BCUT2D eigenvalue weighted by Crippen LogP contribution is 2.38. The molecule has 0 radical (unpaired) electrons. The first-order valence-corrected chi connectivity index (χ1v) is 13.4. The minimum absolute atomic E-state index is 0.106. The molecule has 10 heteroatoms. The Kier molecular flexibility index (Phi) is 6.75. The van der Waals surface area contributed by atoms with Crippen molar-refractivity contribution in [1.82, 2.24) is 4.57 Å². The number of carbonyl (C=O) groups excluding carboxylic acids is 2. The first-order chi connectivity index (χ1) is 18.2. The Morgan fingerprint density at radius 3 is 2.61 bits per heavy atom. The third-order valence-corrected chi connectivity index (χ3v) is 7.88. The molecule has 0 saturated heterocycles. The maximum Gasteiger partial charge on any atom is 0.338 e. The van der Waals surface area contributed by atoms with Crippen LogP contribution in [0.2, 0.25) is 5.02 Å². The summed E-state index contributed by atoms with van der Waals surface area (Å²) in [6.45, 7) is 7.43. The molecule has 0 aliphatic carbocycles. The monoisotopic (exact) mass is 551 g/mol. The summed E-state index contributed by atoms with van der Waals surface area (Å²) >= 11 is 7.49. The number of rotatable bonds is 5. The van der Waals surface area contributed by atoms with Gasteiger partial charge in [-0.05, 0) is 52.0 Å². The Morgan fingerprint density at radius 2 is 1.92 bits per heavy atom. The summed E-state index contributed by atoms with van der Waals surface area (Å²) in [6.07, 6.45) is 0. The van der Waals surface area contributed by atoms with E-state index in [-0.39, 0.29) is 28.7 Å². The van der Waals surface area contributed by atoms with Gasteiger partial charge in [0.05, 0.1) is 36.2 Å². The minimum atomic E-state index is -0.916. The molecule has 0 unspecified atom stereocenters. The van der Waals surface area contributed by atoms with Gasteiger partial charge in [-0.2, -0.15) is 0 Å². The molecule has 5 rings (SSSR count). The number of para-hydroxylation sites is 1. The number of esters is 1. The number of nitrogens with zero attached hydrogens (tertiary/aromatic N) is 3. The smallest absolute Gasteiger partial charge is 0.338 e. The van der Waals surface area contributed by atoms with E-state index in [9.17, 15) is 14.4 Å². The van der Waals surface area contributed by atoms with Crippen LogP contribution in [0.5, 0.6) is 5.75 Å². The quantitative estimate of drug-likeness (QED) is 0.452. The maximum absolute atomic E-state index is 14.2. The van der Waals surface area contributed by atoms with E-state index < -0.39 is 17.6 Å². The minimum Gasteiger partial charge on any atom is -0.496 e. The number of methoxy groups -OCH3 is 1. The predicted octanol–water partition coefficient (Wildman–Crippen LogP) is 3.59. The number of carbonyl (C=O) groups is 2. The van der Waals surface area contributed by atoms with Crippen LogP contribution in [0.15, 0.2) is 63.5 Å². The number of ether oxygens (including phenoxy) is 2. The molecule has 2 aromatic carbocycles. The normalized spacial score (nSPS) is 17.9. The van der Waals surface area contributed by atoms with Gasteiger partial charge >= 0.3 is 5.97 Å². The van der Waals surface area contributed by atoms with Crippen molar-refractivity contribution in [2.45, 2.75) is 39.8 Å². The lowest BCUT2D eigenvalue weighted by Gasteiger charge is -2.26. The Balaban J connectivity index is 1.86. The van der Waals surface area contributed by atoms with E-state index in [0.29, 0.717) is 38.0 Å². The summed E-state index contributed by atoms with van der Waals surface area (Å²) in [5.41, 5.74) is 2.47. The maximum atomic E-state index is 14.2. The number of thiazole rings is 1. The van der Waals surface area contributed by atoms with Crippen LogP contribution < -0.4 is 24.5 Å². The number of amides is 1. The van der Waals surface area contributed by atoms with Crippen molar-refractivity contribution in [1.29, 1.82) is 0 Å². The van der Waals surface area contributed by atoms with Gasteiger partial charge in [-0.3, -0.25) is 14.2 Å². The molecule has 3 heterocycles. The molecule has 1 atom stereocenters. The number of hydrogen-bond donors (Lipinski definition) is 0. The SMILES string of the molecule is CCOC(=O)C1=C(C)N=c2s/c(=C3\C(=O)N(C(C)C)c4ccccc43)c(=O)n2[C@@H]1c1cc(Cl)ccc1OC. The number of benzene rings is 2. The summed E-state index contributed by atoms with van der Waals surface area (Å²) in [5.74, 6) is -0.390. The lowest BCUT2D eigenvalue weighted by atomic mass is 9.95. The number of allylic oxidation sites excluding steroid dienone is 1. The second-order valence-electron chi connectivity index (χ2n) is 9.17. The predicted molar refractivity (Wildman–Crippen MR) is 146 cm³/mol. The van der Waals surface area contributed by atoms with Crippen LogP contribution in [-0.4, -0.2) is 36.2 Å². The van der Waals surface area contributed by atoms with Crippen LogP contribution in [0.25, 0.3) is 5.57 Å². The van der Waals surface area contributed by atoms with E-state index in [2.05, 4.69) is 4.99 Å². The van der Waals surface area contributed by atoms with Gasteiger partial charge in [0.1, 0.15) is 16.3 Å². The highest BCUT2D eigenvalue weighted by atomic mass is 35.5. The number of hydrogen-bond acceptors (Lipinski definition) is 7. The Hall–Kier alpha value is -3.69. The van der Waals surface area contributed by atoms with Gasteiger partial charge < -0.3 is 14.4 Å². The fraction of sp³-hybridized carbons (Fsp3) is 0.286. The molecular formula is C28H26ClN3O5S. The molecule has 2 aliphatic heterocycles. The molecule has 0 N–H and O–H groups in total. The van der Waals surface area contributed by atoms with E-state index in [1.807, 2.05) is 38.1 Å². The van der Waals surface area contributed by atoms with Gasteiger partial charge in [0, 0.05) is 22.2 Å². The molecule has 0 bridgehead atoms. The van der Waals surface area contributed by atoms with E-state index in [1.54, 1.807) is 36.9 Å². The van der Waals surface area contributed by atoms with Crippen molar-refractivity contribution in [3.05, 3.63) is 89.6 Å². The summed E-state index contributed by atoms with van der Waals surface area (Å²) in [5, 5.41) is 0.413. The summed E-state index contributed by atoms with van der Waals surface area (Å²) in [4.78, 5) is 47.8. The zero-order valence-corrected chi connectivity index (χ0v) is 23.1. The first kappa shape index (κ1) is 25.9. The van der Waals surface area contributed by atoms with E-state index in [4.69, 9.17) is 21.1 Å². The fourth-order valence-corrected chi connectivity index (χ4v) is 6.34. The number of halogens is 1. The molecule has 2 aliphatic rings. The second kappa shape index (κ2) is 9.89. The van der Waals surface area contributed by atoms with Crippen LogP contribution in [-0.2, 0) is 14.3 Å². The van der Waals surface area contributed by atoms with Crippen molar-refractivity contribution in [2.75, 3.05) is 18.6 Å². The van der Waals surface area contributed by atoms with Crippen LogP contribution in [0.1, 0.15) is 44.9 Å². The highest BCUT2D eigenvalue weighted by Gasteiger charge is 2.38. The van der Waals surface area contributed by atoms with Crippen LogP contribution >= 0.6 is 22.9 Å². The van der Waals surface area contributed by atoms with E-state index in [1.165, 1.54) is 11.7 Å². The molecule has 8 nitrogen and oxygen atoms in total. The molecule has 1 amide bonds. The zero-order chi connectivity index (χ0) is 27.3. The summed E-state index contributed by atoms with van der Waals surface area (Å²) in [7, 11) is 1.51. The molecule has 1 aromatic heterocycles. The molecular weight excluding hydrogens is 526 g/mol. The number of aromatic nitrogens is 1. The van der Waals surface area contributed by atoms with Crippen LogP contribution in [0.3, 0.4) is 0 Å². The van der Waals surface area contributed by atoms with Crippen LogP contribution in [0, 0.1) is 0 Å². The molecule has 0 spiro atoms. The molecule has 196 valence electrons. The molecule has 3 aromatic rings. The van der Waals surface area contributed by atoms with Crippen molar-refractivity contribution in [2.24, 2.45) is 4.99 Å². The van der Waals surface area contributed by atoms with Crippen molar-refractivity contribution < 1.29 is 19.1 Å². The standard InChI is InChI=1S/C28H26ClN3O5S/c1-6-37-27(35)21-15(4)30-28-32(23(21)18-13-16(29)11-12-20(18)36-5)26(34)24(38-28)22-17-9-7-8-10-19(17)31(14(2)3)25(22)33/h7-14,23H,6H2,1-5H3/b24-22-/t23-/m1/s1. The fourth-order valence-electron chi connectivity index (χ4n) is 5.03. The van der Waals surface area contributed by atoms with Crippen LogP contribution in [0.4, 0.5) is 5.69 Å². The topological polar surface area (TPSA) is 90.2 Å². The average Bonchev–Trinajstić information content (AvgIpc) is 3.35. The van der Waals surface area contributed by atoms with Gasteiger partial charge in [-0.25, -0.2) is 9.79 Å². The number of anilines is 1. The van der Waals surface area contributed by atoms with E-state index in [0.717, 1.165) is 17.0 Å². The molecule has 0 saturated carbocycles. The van der Waals surface area contributed by atoms with Crippen molar-refractivity contribution in [3.8, 4) is 5.75 Å². The summed E-state index contributed by atoms with van der Waals surface area (Å²) < 4.78 is 12.7. The number of fused-ring (bicyclic) bond motifs is 2.